The minimum absolute atomic E-state index is 0.148. The first-order valence-electron chi connectivity index (χ1n) is 22.8. The number of hydrogen-bond donors (Lipinski definition) is 5. The molecule has 0 amide bonds. The zero-order valence-corrected chi connectivity index (χ0v) is 43.3. The Bertz CT molecular complexity index is 4690. The van der Waals surface area contributed by atoms with Crippen LogP contribution in [0.25, 0.3) is 53.9 Å². The van der Waals surface area contributed by atoms with Crippen molar-refractivity contribution in [3.63, 3.8) is 0 Å². The molecule has 10 aromatic rings. The van der Waals surface area contributed by atoms with Crippen molar-refractivity contribution in [2.75, 3.05) is 0 Å². The maximum absolute atomic E-state index is 12.7. The molecular weight excluding hydrogens is 1060 g/mol. The third-order valence-electron chi connectivity index (χ3n) is 13.8. The molecule has 0 bridgehead atoms. The van der Waals surface area contributed by atoms with Crippen molar-refractivity contribution in [1.82, 2.24) is 0 Å². The average Bonchev–Trinajstić information content (AvgIpc) is 3.35. The number of rotatable bonds is 13. The fourth-order valence-corrected chi connectivity index (χ4v) is 12.6. The fourth-order valence-electron chi connectivity index (χ4n) is 10.1. The highest BCUT2D eigenvalue weighted by Gasteiger charge is 2.21. The smallest absolute Gasteiger partial charge is 0.282 e. The summed E-state index contributed by atoms with van der Waals surface area (Å²) in [7, 11) is -23.1. The first-order chi connectivity index (χ1) is 35.2. The molecule has 0 aliphatic rings. The summed E-state index contributed by atoms with van der Waals surface area (Å²) < 4.78 is 174. The summed E-state index contributed by atoms with van der Waals surface area (Å²) in [5, 5.41) is 5.70. The molecule has 0 heterocycles. The van der Waals surface area contributed by atoms with Gasteiger partial charge in [-0.25, -0.2) is 0 Å². The highest BCUT2D eigenvalue weighted by Crippen LogP contribution is 2.37. The van der Waals surface area contributed by atoms with Crippen LogP contribution in [0.2, 0.25) is 0 Å². The molecule has 15 nitrogen and oxygen atoms in total. The molecule has 10 rings (SSSR count). The maximum atomic E-state index is 12.7. The summed E-state index contributed by atoms with van der Waals surface area (Å²) >= 11 is 0. The quantitative estimate of drug-likeness (QED) is 0.0672. The molecular formula is C55H42O15S5. The Morgan fingerprint density at radius 2 is 0.520 bits per heavy atom. The van der Waals surface area contributed by atoms with Gasteiger partial charge in [-0.1, -0.05) is 97.1 Å². The zero-order chi connectivity index (χ0) is 53.6. The largest absolute Gasteiger partial charge is 0.294 e. The van der Waals surface area contributed by atoms with Crippen molar-refractivity contribution in [1.29, 1.82) is 0 Å². The number of hydrogen-bond acceptors (Lipinski definition) is 10. The maximum Gasteiger partial charge on any atom is 0.294 e. The lowest BCUT2D eigenvalue weighted by Crippen LogP contribution is -2.03. The van der Waals surface area contributed by atoms with Crippen LogP contribution in [-0.2, 0) is 76.3 Å². The summed E-state index contributed by atoms with van der Waals surface area (Å²) in [4.78, 5) is -1.67. The lowest BCUT2D eigenvalue weighted by molar-refractivity contribution is 0.481. The molecule has 10 aromatic carbocycles. The number of aryl methyl sites for hydroxylation is 1. The summed E-state index contributed by atoms with van der Waals surface area (Å²) in [5.41, 5.74) is 6.15. The van der Waals surface area contributed by atoms with E-state index >= 15 is 0 Å². The van der Waals surface area contributed by atoms with Gasteiger partial charge in [-0.2, -0.15) is 42.1 Å². The molecule has 75 heavy (non-hydrogen) atoms. The van der Waals surface area contributed by atoms with E-state index < -0.39 is 50.6 Å². The van der Waals surface area contributed by atoms with E-state index in [1.165, 1.54) is 60.7 Å². The molecule has 0 unspecified atom stereocenters. The van der Waals surface area contributed by atoms with Crippen LogP contribution in [-0.4, -0.2) is 64.9 Å². The van der Waals surface area contributed by atoms with Crippen LogP contribution < -0.4 is 0 Å². The van der Waals surface area contributed by atoms with Crippen LogP contribution in [0, 0.1) is 6.92 Å². The fraction of sp³-hybridized carbons (Fsp3) is 0.0909. The molecule has 0 fully saturated rings. The monoisotopic (exact) mass is 1100 g/mol. The van der Waals surface area contributed by atoms with E-state index in [9.17, 15) is 64.9 Å². The van der Waals surface area contributed by atoms with Crippen LogP contribution in [0.5, 0.6) is 0 Å². The molecule has 5 N–H and O–H groups in total. The van der Waals surface area contributed by atoms with Gasteiger partial charge >= 0.3 is 0 Å². The molecule has 0 aliphatic carbocycles. The van der Waals surface area contributed by atoms with E-state index in [1.54, 1.807) is 73.7 Å². The van der Waals surface area contributed by atoms with Crippen molar-refractivity contribution in [2.24, 2.45) is 0 Å². The van der Waals surface area contributed by atoms with E-state index in [2.05, 4.69) is 0 Å². The molecule has 0 aliphatic heterocycles. The zero-order valence-electron chi connectivity index (χ0n) is 39.2. The Hall–Kier alpha value is -6.95. The van der Waals surface area contributed by atoms with Crippen molar-refractivity contribution < 1.29 is 64.9 Å². The second kappa shape index (κ2) is 18.7. The van der Waals surface area contributed by atoms with Gasteiger partial charge in [-0.3, -0.25) is 22.8 Å². The predicted octanol–water partition coefficient (Wildman–Crippen LogP) is 10.4. The molecule has 382 valence electrons. The second-order valence-corrected chi connectivity index (χ2v) is 25.5. The van der Waals surface area contributed by atoms with E-state index in [1.807, 2.05) is 30.3 Å². The normalized spacial score (nSPS) is 12.9. The lowest BCUT2D eigenvalue weighted by atomic mass is 9.88. The predicted molar refractivity (Wildman–Crippen MR) is 285 cm³/mol. The molecule has 0 saturated heterocycles. The van der Waals surface area contributed by atoms with Gasteiger partial charge in [0.25, 0.3) is 50.6 Å². The first kappa shape index (κ1) is 51.5. The number of fused-ring (bicyclic) bond motifs is 5. The SMILES string of the molecule is Cc1ccc(Cc2ccc(Cc3ccc(Cc4ccc(Cc5cccc6ccc(S(=O)(=O)O)cc56)c5ccc(S(=O)(=O)O)cc45)c4ccc(S(=O)(=O)O)cc34)c3ccc(S(=O)(=O)O)cc23)c2ccc(S(=O)(=O)O)cc12. The Morgan fingerprint density at radius 3 is 0.853 bits per heavy atom. The average molecular weight is 1100 g/mol. The number of benzene rings is 10. The highest BCUT2D eigenvalue weighted by molar-refractivity contribution is 7.86. The standard InChI is InChI=1S/C55H42O15S5/c1-32-5-6-35(47-19-15-43(27-51(32)47)72(59,60)61)24-39-11-8-37(49-21-17-45(29-53(39)49)74(65,66)67)26-41-12-9-38(50-22-18-46(31-55(41)50)75(68,69)70)25-40-10-7-36(48-20-16-44(30-54(40)48)73(62,63)64)23-34-4-2-3-33-13-14-42(28-52(33)34)71(56,57)58/h2-22,27-31H,23-26H2,1H3,(H,56,57,58)(H,59,60,61)(H,62,63,64)(H,65,66,67)(H,68,69,70). The van der Waals surface area contributed by atoms with Crippen molar-refractivity contribution in [2.45, 2.75) is 57.1 Å². The second-order valence-electron chi connectivity index (χ2n) is 18.4. The molecule has 0 aromatic heterocycles. The van der Waals surface area contributed by atoms with Gasteiger partial charge in [0, 0.05) is 0 Å². The van der Waals surface area contributed by atoms with Crippen molar-refractivity contribution in [3.8, 4) is 0 Å². The molecule has 0 radical (unpaired) electrons. The van der Waals surface area contributed by atoms with Gasteiger partial charge in [0.2, 0.25) is 0 Å². The topological polar surface area (TPSA) is 272 Å². The molecule has 0 saturated carbocycles. The van der Waals surface area contributed by atoms with Crippen molar-refractivity contribution in [3.05, 3.63) is 208 Å². The van der Waals surface area contributed by atoms with E-state index in [4.69, 9.17) is 0 Å². The van der Waals surface area contributed by atoms with Gasteiger partial charge in [-0.05, 0) is 197 Å². The Balaban J connectivity index is 1.07. The first-order valence-corrected chi connectivity index (χ1v) is 30.0. The summed E-state index contributed by atoms with van der Waals surface area (Å²) in [6.45, 7) is 1.80. The highest BCUT2D eigenvalue weighted by atomic mass is 32.2. The van der Waals surface area contributed by atoms with E-state index in [0.29, 0.717) is 87.2 Å². The minimum atomic E-state index is -4.72. The van der Waals surface area contributed by atoms with Crippen LogP contribution in [0.3, 0.4) is 0 Å². The van der Waals surface area contributed by atoms with Crippen LogP contribution >= 0.6 is 0 Å². The van der Waals surface area contributed by atoms with Gasteiger partial charge in [0.05, 0.1) is 24.5 Å². The molecule has 0 atom stereocenters. The molecule has 0 spiro atoms. The van der Waals surface area contributed by atoms with Crippen LogP contribution in [0.1, 0.15) is 50.1 Å². The third kappa shape index (κ3) is 10.3. The van der Waals surface area contributed by atoms with Crippen LogP contribution in [0.4, 0.5) is 0 Å². The van der Waals surface area contributed by atoms with Crippen LogP contribution in [0.15, 0.2) is 182 Å². The Labute approximate surface area is 431 Å². The Kier molecular flexibility index (Phi) is 12.9. The summed E-state index contributed by atoms with van der Waals surface area (Å²) in [5.74, 6) is 0. The van der Waals surface area contributed by atoms with Gasteiger partial charge in [0.15, 0.2) is 0 Å². The minimum Gasteiger partial charge on any atom is -0.282 e. The van der Waals surface area contributed by atoms with Gasteiger partial charge < -0.3 is 0 Å². The Morgan fingerprint density at radius 1 is 0.267 bits per heavy atom. The summed E-state index contributed by atoms with van der Waals surface area (Å²) in [6.07, 6.45) is 0.779. The van der Waals surface area contributed by atoms with E-state index in [0.717, 1.165) is 16.7 Å². The lowest BCUT2D eigenvalue weighted by Gasteiger charge is -2.17. The third-order valence-corrected chi connectivity index (χ3v) is 18.0. The summed E-state index contributed by atoms with van der Waals surface area (Å²) in [6, 6.07) is 41.1. The molecule has 20 heteroatoms. The van der Waals surface area contributed by atoms with Gasteiger partial charge in [0.1, 0.15) is 0 Å². The van der Waals surface area contributed by atoms with E-state index in [-0.39, 0.29) is 50.2 Å². The van der Waals surface area contributed by atoms with Crippen molar-refractivity contribution >= 4 is 104 Å². The van der Waals surface area contributed by atoms with Gasteiger partial charge in [-0.15, -0.1) is 0 Å².